The fourth-order valence-corrected chi connectivity index (χ4v) is 5.31. The molecule has 0 radical (unpaired) electrons. The predicted molar refractivity (Wildman–Crippen MR) is 135 cm³/mol. The molecule has 10 nitrogen and oxygen atoms in total. The van der Waals surface area contributed by atoms with E-state index in [9.17, 15) is 18.0 Å². The fourth-order valence-electron chi connectivity index (χ4n) is 3.61. The number of amides is 2. The number of benzene rings is 1. The third-order valence-electron chi connectivity index (χ3n) is 5.58. The zero-order valence-corrected chi connectivity index (χ0v) is 21.4. The minimum atomic E-state index is -3.68. The van der Waals surface area contributed by atoms with E-state index in [2.05, 4.69) is 25.8 Å². The van der Waals surface area contributed by atoms with Gasteiger partial charge in [0.2, 0.25) is 15.9 Å². The Bertz CT molecular complexity index is 1130. The number of rotatable bonds is 11. The fraction of sp³-hybridized carbons (Fsp3) is 0.435. The van der Waals surface area contributed by atoms with Crippen LogP contribution >= 0.6 is 11.3 Å². The molecule has 1 aliphatic rings. The highest BCUT2D eigenvalue weighted by Crippen LogP contribution is 2.19. The molecule has 0 saturated carbocycles. The minimum absolute atomic E-state index is 0.0179. The standard InChI is InChI=1S/C23H31N5O5S2/c1-17-5-7-19(8-6-17)35(31,32)26-14-13-25-22(30)23(9-11-24-12-10-23)27-21(29)16-33-28-18(2)20-4-3-15-34-20/h3-8,15,24,26H,9-14,16H2,1-2H3,(H,25,30)(H,27,29)/b28-18-. The Labute approximate surface area is 209 Å². The lowest BCUT2D eigenvalue weighted by Crippen LogP contribution is -2.63. The average Bonchev–Trinajstić information content (AvgIpc) is 3.38. The molecule has 1 aromatic carbocycles. The van der Waals surface area contributed by atoms with Gasteiger partial charge in [-0.05, 0) is 63.4 Å². The minimum Gasteiger partial charge on any atom is -0.385 e. The van der Waals surface area contributed by atoms with Crippen molar-refractivity contribution >= 4 is 38.9 Å². The summed E-state index contributed by atoms with van der Waals surface area (Å²) in [5, 5.41) is 14.6. The normalized spacial score (nSPS) is 15.9. The van der Waals surface area contributed by atoms with Crippen LogP contribution in [0.4, 0.5) is 0 Å². The number of carbonyl (C=O) groups excluding carboxylic acids is 2. The van der Waals surface area contributed by atoms with E-state index in [1.807, 2.05) is 24.4 Å². The van der Waals surface area contributed by atoms with Crippen molar-refractivity contribution in [3.63, 3.8) is 0 Å². The maximum absolute atomic E-state index is 13.0. The number of carbonyl (C=O) groups is 2. The zero-order valence-electron chi connectivity index (χ0n) is 19.8. The van der Waals surface area contributed by atoms with Gasteiger partial charge in [-0.15, -0.1) is 11.3 Å². The molecule has 35 heavy (non-hydrogen) atoms. The summed E-state index contributed by atoms with van der Waals surface area (Å²) >= 11 is 1.52. The number of hydrogen-bond acceptors (Lipinski definition) is 8. The summed E-state index contributed by atoms with van der Waals surface area (Å²) in [6, 6.07) is 10.3. The van der Waals surface area contributed by atoms with Crippen molar-refractivity contribution in [3.05, 3.63) is 52.2 Å². The van der Waals surface area contributed by atoms with Gasteiger partial charge >= 0.3 is 0 Å². The smallest absolute Gasteiger partial charge is 0.261 e. The van der Waals surface area contributed by atoms with Gasteiger partial charge in [-0.2, -0.15) is 0 Å². The van der Waals surface area contributed by atoms with E-state index in [0.29, 0.717) is 31.6 Å². The van der Waals surface area contributed by atoms with E-state index in [1.165, 1.54) is 23.5 Å². The van der Waals surface area contributed by atoms with Crippen molar-refractivity contribution in [2.24, 2.45) is 5.16 Å². The SMILES string of the molecule is C/C(=N/OCC(=O)NC1(C(=O)NCCNS(=O)(=O)c2ccc(C)cc2)CCNCC1)c1cccs1. The van der Waals surface area contributed by atoms with Gasteiger partial charge in [0.15, 0.2) is 6.61 Å². The Morgan fingerprint density at radius 3 is 2.51 bits per heavy atom. The van der Waals surface area contributed by atoms with Crippen LogP contribution in [0.25, 0.3) is 0 Å². The third-order valence-corrected chi connectivity index (χ3v) is 8.03. The number of thiophene rings is 1. The van der Waals surface area contributed by atoms with Gasteiger partial charge < -0.3 is 20.8 Å². The molecule has 0 atom stereocenters. The van der Waals surface area contributed by atoms with Crippen molar-refractivity contribution in [2.45, 2.75) is 37.1 Å². The quantitative estimate of drug-likeness (QED) is 0.199. The summed E-state index contributed by atoms with van der Waals surface area (Å²) in [6.45, 7) is 4.56. The lowest BCUT2D eigenvalue weighted by molar-refractivity contribution is -0.136. The lowest BCUT2D eigenvalue weighted by atomic mass is 9.87. The topological polar surface area (TPSA) is 138 Å². The number of hydrogen-bond donors (Lipinski definition) is 4. The first kappa shape index (κ1) is 26.8. The molecular weight excluding hydrogens is 490 g/mol. The molecule has 12 heteroatoms. The lowest BCUT2D eigenvalue weighted by Gasteiger charge is -2.36. The summed E-state index contributed by atoms with van der Waals surface area (Å²) in [7, 11) is -3.68. The largest absolute Gasteiger partial charge is 0.385 e. The van der Waals surface area contributed by atoms with Crippen molar-refractivity contribution < 1.29 is 22.8 Å². The molecule has 2 heterocycles. The second-order valence-electron chi connectivity index (χ2n) is 8.27. The van der Waals surface area contributed by atoms with Crippen LogP contribution in [-0.4, -0.2) is 64.3 Å². The molecule has 190 valence electrons. The molecule has 4 N–H and O–H groups in total. The Morgan fingerprint density at radius 1 is 1.14 bits per heavy atom. The number of oxime groups is 1. The highest BCUT2D eigenvalue weighted by Gasteiger charge is 2.40. The summed E-state index contributed by atoms with van der Waals surface area (Å²) in [5.74, 6) is -0.815. The summed E-state index contributed by atoms with van der Waals surface area (Å²) < 4.78 is 27.3. The van der Waals surface area contributed by atoms with Gasteiger partial charge in [0, 0.05) is 13.1 Å². The van der Waals surface area contributed by atoms with Gasteiger partial charge in [0.1, 0.15) is 5.54 Å². The van der Waals surface area contributed by atoms with Gasteiger partial charge in [-0.1, -0.05) is 28.9 Å². The number of aryl methyl sites for hydroxylation is 1. The number of piperidine rings is 1. The summed E-state index contributed by atoms with van der Waals surface area (Å²) in [6.07, 6.45) is 0.800. The maximum Gasteiger partial charge on any atom is 0.261 e. The van der Waals surface area contributed by atoms with Crippen LogP contribution in [0.3, 0.4) is 0 Å². The van der Waals surface area contributed by atoms with Gasteiger partial charge in [-0.3, -0.25) is 9.59 Å². The van der Waals surface area contributed by atoms with Gasteiger partial charge in [0.05, 0.1) is 15.5 Å². The van der Waals surface area contributed by atoms with E-state index >= 15 is 0 Å². The molecule has 0 spiro atoms. The van der Waals surface area contributed by atoms with E-state index in [4.69, 9.17) is 4.84 Å². The highest BCUT2D eigenvalue weighted by atomic mass is 32.2. The zero-order chi connectivity index (χ0) is 25.3. The van der Waals surface area contributed by atoms with Crippen LogP contribution in [0.2, 0.25) is 0 Å². The number of nitrogens with one attached hydrogen (secondary N) is 4. The molecule has 2 amide bonds. The van der Waals surface area contributed by atoms with Gasteiger partial charge in [0.25, 0.3) is 5.91 Å². The first-order chi connectivity index (χ1) is 16.7. The molecule has 1 aromatic heterocycles. The molecule has 2 aromatic rings. The average molecular weight is 522 g/mol. The molecule has 1 saturated heterocycles. The molecule has 1 fully saturated rings. The van der Waals surface area contributed by atoms with E-state index in [0.717, 1.165) is 10.4 Å². The molecule has 1 aliphatic heterocycles. The van der Waals surface area contributed by atoms with Crippen LogP contribution in [0.1, 0.15) is 30.2 Å². The molecular formula is C23H31N5O5S2. The second-order valence-corrected chi connectivity index (χ2v) is 11.0. The molecule has 0 aliphatic carbocycles. The van der Waals surface area contributed by atoms with Gasteiger partial charge in [-0.25, -0.2) is 13.1 Å². The molecule has 0 unspecified atom stereocenters. The van der Waals surface area contributed by atoms with Crippen LogP contribution in [0.15, 0.2) is 51.8 Å². The Hall–Kier alpha value is -2.80. The van der Waals surface area contributed by atoms with Crippen LogP contribution in [0.5, 0.6) is 0 Å². The Balaban J connectivity index is 1.51. The molecule has 0 bridgehead atoms. The Morgan fingerprint density at radius 2 is 1.86 bits per heavy atom. The third kappa shape index (κ3) is 7.59. The molecule has 3 rings (SSSR count). The van der Waals surface area contributed by atoms with E-state index < -0.39 is 21.5 Å². The van der Waals surface area contributed by atoms with Crippen LogP contribution in [0, 0.1) is 6.92 Å². The van der Waals surface area contributed by atoms with Crippen molar-refractivity contribution in [2.75, 3.05) is 32.8 Å². The first-order valence-corrected chi connectivity index (χ1v) is 13.6. The van der Waals surface area contributed by atoms with Crippen molar-refractivity contribution in [1.29, 1.82) is 0 Å². The maximum atomic E-state index is 13.0. The number of sulfonamides is 1. The summed E-state index contributed by atoms with van der Waals surface area (Å²) in [4.78, 5) is 31.9. The second kappa shape index (κ2) is 12.2. The number of nitrogens with zero attached hydrogens (tertiary/aromatic N) is 1. The highest BCUT2D eigenvalue weighted by molar-refractivity contribution is 7.89. The van der Waals surface area contributed by atoms with Crippen molar-refractivity contribution in [1.82, 2.24) is 20.7 Å². The Kier molecular flexibility index (Phi) is 9.38. The van der Waals surface area contributed by atoms with E-state index in [1.54, 1.807) is 19.1 Å². The predicted octanol–water partition coefficient (Wildman–Crippen LogP) is 1.13. The first-order valence-electron chi connectivity index (χ1n) is 11.3. The van der Waals surface area contributed by atoms with Crippen LogP contribution in [-0.2, 0) is 24.4 Å². The monoisotopic (exact) mass is 521 g/mol. The van der Waals surface area contributed by atoms with E-state index in [-0.39, 0.29) is 30.5 Å². The summed E-state index contributed by atoms with van der Waals surface area (Å²) in [5.41, 5.74) is 0.518. The van der Waals surface area contributed by atoms with Crippen molar-refractivity contribution in [3.8, 4) is 0 Å². The van der Waals surface area contributed by atoms with Crippen LogP contribution < -0.4 is 20.7 Å².